The van der Waals surface area contributed by atoms with E-state index in [9.17, 15) is 13.2 Å². The second-order valence-corrected chi connectivity index (χ2v) is 6.00. The topological polar surface area (TPSA) is 45.0 Å². The van der Waals surface area contributed by atoms with Gasteiger partial charge in [-0.3, -0.25) is 0 Å². The quantitative estimate of drug-likeness (QED) is 0.867. The highest BCUT2D eigenvalue weighted by Gasteiger charge is 2.35. The Morgan fingerprint density at radius 3 is 2.60 bits per heavy atom. The lowest BCUT2D eigenvalue weighted by atomic mass is 9.95. The molecule has 1 saturated heterocycles. The van der Waals surface area contributed by atoms with Crippen LogP contribution in [0.1, 0.15) is 29.2 Å². The molecule has 0 radical (unpaired) electrons. The number of nitrogens with zero attached hydrogens (tertiary/aromatic N) is 1. The van der Waals surface area contributed by atoms with Gasteiger partial charge >= 0.3 is 6.18 Å². The third-order valence-electron chi connectivity index (χ3n) is 4.35. The van der Waals surface area contributed by atoms with Gasteiger partial charge in [0.25, 0.3) is 0 Å². The lowest BCUT2D eigenvalue weighted by molar-refractivity contribution is -0.137. The maximum absolute atomic E-state index is 13.2. The molecule has 1 aliphatic rings. The summed E-state index contributed by atoms with van der Waals surface area (Å²) in [6.07, 6.45) is -3.86. The lowest BCUT2D eigenvalue weighted by Crippen LogP contribution is -2.20. The number of nitrogens with one attached hydrogen (secondary N) is 1. The average Bonchev–Trinajstić information content (AvgIpc) is 3.08. The molecule has 1 aliphatic heterocycles. The molecule has 2 aromatic rings. The number of benzene rings is 2. The van der Waals surface area contributed by atoms with Crippen molar-refractivity contribution >= 4 is 5.69 Å². The molecule has 0 aromatic heterocycles. The first-order valence-corrected chi connectivity index (χ1v) is 8.01. The number of hydrogen-bond acceptors (Lipinski definition) is 3. The zero-order valence-electron chi connectivity index (χ0n) is 13.4. The minimum atomic E-state index is -4.51. The Morgan fingerprint density at radius 1 is 1.16 bits per heavy atom. The van der Waals surface area contributed by atoms with Crippen LogP contribution in [0.3, 0.4) is 0 Å². The van der Waals surface area contributed by atoms with Gasteiger partial charge in [0, 0.05) is 24.8 Å². The molecule has 0 amide bonds. The highest BCUT2D eigenvalue weighted by molar-refractivity contribution is 5.56. The van der Waals surface area contributed by atoms with Crippen molar-refractivity contribution in [1.82, 2.24) is 0 Å². The Kier molecular flexibility index (Phi) is 4.95. The molecule has 25 heavy (non-hydrogen) atoms. The van der Waals surface area contributed by atoms with Gasteiger partial charge in [-0.25, -0.2) is 0 Å². The summed E-state index contributed by atoms with van der Waals surface area (Å²) in [6, 6.07) is 15.0. The van der Waals surface area contributed by atoms with E-state index in [0.29, 0.717) is 13.2 Å². The monoisotopic (exact) mass is 346 g/mol. The molecule has 0 aliphatic carbocycles. The molecule has 3 nitrogen and oxygen atoms in total. The molecule has 1 fully saturated rings. The third kappa shape index (κ3) is 3.94. The fourth-order valence-electron chi connectivity index (χ4n) is 3.10. The zero-order valence-corrected chi connectivity index (χ0v) is 13.4. The van der Waals surface area contributed by atoms with E-state index >= 15 is 0 Å². The highest BCUT2D eigenvalue weighted by Crippen LogP contribution is 2.38. The van der Waals surface area contributed by atoms with Crippen LogP contribution < -0.4 is 5.32 Å². The molecule has 2 aromatic carbocycles. The summed E-state index contributed by atoms with van der Waals surface area (Å²) >= 11 is 0. The van der Waals surface area contributed by atoms with Crippen molar-refractivity contribution in [1.29, 1.82) is 5.26 Å². The van der Waals surface area contributed by atoms with Crippen LogP contribution in [0, 0.1) is 17.2 Å². The number of halogens is 3. The highest BCUT2D eigenvalue weighted by atomic mass is 19.4. The van der Waals surface area contributed by atoms with Crippen LogP contribution in [-0.4, -0.2) is 13.2 Å². The van der Waals surface area contributed by atoms with Crippen LogP contribution in [-0.2, 0) is 10.9 Å². The van der Waals surface area contributed by atoms with Gasteiger partial charge < -0.3 is 10.1 Å². The van der Waals surface area contributed by atoms with E-state index < -0.39 is 11.7 Å². The van der Waals surface area contributed by atoms with Crippen LogP contribution in [0.2, 0.25) is 0 Å². The van der Waals surface area contributed by atoms with Gasteiger partial charge in [-0.15, -0.1) is 0 Å². The van der Waals surface area contributed by atoms with E-state index in [4.69, 9.17) is 10.00 Å². The Hall–Kier alpha value is -2.52. The summed E-state index contributed by atoms with van der Waals surface area (Å²) in [7, 11) is 0. The van der Waals surface area contributed by atoms with Crippen molar-refractivity contribution in [2.75, 3.05) is 18.5 Å². The zero-order chi connectivity index (χ0) is 17.9. The normalized spacial score (nSPS) is 20.2. The van der Waals surface area contributed by atoms with Crippen molar-refractivity contribution in [3.63, 3.8) is 0 Å². The van der Waals surface area contributed by atoms with E-state index in [0.717, 1.165) is 18.1 Å². The number of rotatable bonds is 4. The summed E-state index contributed by atoms with van der Waals surface area (Å²) in [5.74, 6) is 0.0825. The van der Waals surface area contributed by atoms with Gasteiger partial charge in [-0.05, 0) is 30.2 Å². The summed E-state index contributed by atoms with van der Waals surface area (Å²) in [5, 5.41) is 11.7. The van der Waals surface area contributed by atoms with Crippen molar-refractivity contribution in [3.8, 4) is 6.07 Å². The van der Waals surface area contributed by atoms with E-state index in [1.165, 1.54) is 12.1 Å². The first kappa shape index (κ1) is 17.3. The predicted octanol–water partition coefficient (Wildman–Crippen LogP) is 4.77. The summed E-state index contributed by atoms with van der Waals surface area (Å²) in [6.45, 7) is 0.958. The summed E-state index contributed by atoms with van der Waals surface area (Å²) < 4.78 is 45.5. The van der Waals surface area contributed by atoms with Crippen LogP contribution in [0.4, 0.5) is 18.9 Å². The maximum Gasteiger partial charge on any atom is 0.418 e. The summed E-state index contributed by atoms with van der Waals surface area (Å²) in [5.41, 5.74) is 0.193. The maximum atomic E-state index is 13.2. The van der Waals surface area contributed by atoms with Crippen LogP contribution in [0.25, 0.3) is 0 Å². The molecule has 2 unspecified atom stereocenters. The van der Waals surface area contributed by atoms with Crippen molar-refractivity contribution in [2.24, 2.45) is 5.92 Å². The average molecular weight is 346 g/mol. The first-order chi connectivity index (χ1) is 12.0. The third-order valence-corrected chi connectivity index (χ3v) is 4.35. The second kappa shape index (κ2) is 7.16. The predicted molar refractivity (Wildman–Crippen MR) is 87.9 cm³/mol. The van der Waals surface area contributed by atoms with Crippen LogP contribution >= 0.6 is 0 Å². The smallest absolute Gasteiger partial charge is 0.384 e. The Labute approximate surface area is 144 Å². The number of hydrogen-bond donors (Lipinski definition) is 1. The molecule has 0 saturated carbocycles. The number of anilines is 1. The summed E-state index contributed by atoms with van der Waals surface area (Å²) in [4.78, 5) is 0. The molecular formula is C19H17F3N2O. The van der Waals surface area contributed by atoms with Gasteiger partial charge in [0.05, 0.1) is 23.3 Å². The van der Waals surface area contributed by atoms with Gasteiger partial charge in [0.1, 0.15) is 0 Å². The molecule has 2 atom stereocenters. The van der Waals surface area contributed by atoms with Crippen LogP contribution in [0.5, 0.6) is 0 Å². The molecule has 3 rings (SSSR count). The lowest BCUT2D eigenvalue weighted by Gasteiger charge is -2.21. The van der Waals surface area contributed by atoms with Crippen molar-refractivity contribution in [3.05, 3.63) is 65.2 Å². The minimum Gasteiger partial charge on any atom is -0.384 e. The standard InChI is InChI=1S/C19H17F3N2O/c20-19(21,22)16-10-13(11-23)6-7-17(16)24-12-15-8-9-25-18(15)14-4-2-1-3-5-14/h1-7,10,15,18,24H,8-9,12H2. The Bertz CT molecular complexity index is 768. The van der Waals surface area contributed by atoms with Gasteiger partial charge in [0.2, 0.25) is 0 Å². The Balaban J connectivity index is 1.76. The molecule has 1 heterocycles. The Morgan fingerprint density at radius 2 is 1.92 bits per heavy atom. The number of nitriles is 1. The van der Waals surface area contributed by atoms with Gasteiger partial charge in [0.15, 0.2) is 0 Å². The number of alkyl halides is 3. The molecule has 1 N–H and O–H groups in total. The SMILES string of the molecule is N#Cc1ccc(NCC2CCOC2c2ccccc2)c(C(F)(F)F)c1. The minimum absolute atomic E-state index is 0.00906. The molecule has 130 valence electrons. The van der Waals surface area contributed by atoms with E-state index in [-0.39, 0.29) is 23.3 Å². The van der Waals surface area contributed by atoms with E-state index in [1.807, 2.05) is 30.3 Å². The van der Waals surface area contributed by atoms with Crippen molar-refractivity contribution in [2.45, 2.75) is 18.7 Å². The van der Waals surface area contributed by atoms with E-state index in [2.05, 4.69) is 5.32 Å². The fraction of sp³-hybridized carbons (Fsp3) is 0.316. The van der Waals surface area contributed by atoms with Gasteiger partial charge in [-0.2, -0.15) is 18.4 Å². The molecule has 0 bridgehead atoms. The largest absolute Gasteiger partial charge is 0.418 e. The molecule has 0 spiro atoms. The van der Waals surface area contributed by atoms with Gasteiger partial charge in [-0.1, -0.05) is 30.3 Å². The van der Waals surface area contributed by atoms with Crippen LogP contribution in [0.15, 0.2) is 48.5 Å². The van der Waals surface area contributed by atoms with E-state index in [1.54, 1.807) is 6.07 Å². The van der Waals surface area contributed by atoms with Crippen molar-refractivity contribution < 1.29 is 17.9 Å². The fourth-order valence-corrected chi connectivity index (χ4v) is 3.10. The second-order valence-electron chi connectivity index (χ2n) is 6.00. The first-order valence-electron chi connectivity index (χ1n) is 8.01. The number of ether oxygens (including phenoxy) is 1. The molecular weight excluding hydrogens is 329 g/mol. The molecule has 6 heteroatoms.